The van der Waals surface area contributed by atoms with Gasteiger partial charge in [0.2, 0.25) is 0 Å². The minimum absolute atomic E-state index is 0. The van der Waals surface area contributed by atoms with Gasteiger partial charge in [0.15, 0.2) is 0 Å². The Morgan fingerprint density at radius 3 is 0.941 bits per heavy atom. The Bertz CT molecular complexity index is 369. The van der Waals surface area contributed by atoms with Crippen molar-refractivity contribution in [3.8, 4) is 0 Å². The standard InChI is InChI=1S/2C8H9.Y/c2*1-7-4-3-5-8(2)6-7;/h2*4-6H,1-2H3;/q2*-1;. The molecule has 2 aromatic carbocycles. The summed E-state index contributed by atoms with van der Waals surface area (Å²) in [7, 11) is 0. The molecule has 0 spiro atoms. The minimum Gasteiger partial charge on any atom is -0.183 e. The Morgan fingerprint density at radius 1 is 0.588 bits per heavy atom. The third-order valence-electron chi connectivity index (χ3n) is 2.15. The van der Waals surface area contributed by atoms with Crippen molar-refractivity contribution >= 4 is 0 Å². The molecule has 0 nitrogen and oxygen atoms in total. The number of aryl methyl sites for hydroxylation is 4. The zero-order valence-electron chi connectivity index (χ0n) is 11.0. The Morgan fingerprint density at radius 2 is 0.824 bits per heavy atom. The molecule has 0 N–H and O–H groups in total. The summed E-state index contributed by atoms with van der Waals surface area (Å²) in [6, 6.07) is 18.2. The van der Waals surface area contributed by atoms with Gasteiger partial charge in [-0.2, -0.15) is 70.8 Å². The molecule has 0 aromatic heterocycles. The Kier molecular flexibility index (Phi) is 8.38. The summed E-state index contributed by atoms with van der Waals surface area (Å²) in [5.41, 5.74) is 5.13. The summed E-state index contributed by atoms with van der Waals surface area (Å²) in [6.07, 6.45) is 0. The molecule has 0 heterocycles. The van der Waals surface area contributed by atoms with E-state index in [1.165, 1.54) is 22.3 Å². The van der Waals surface area contributed by atoms with E-state index in [-0.39, 0.29) is 32.7 Å². The van der Waals surface area contributed by atoms with E-state index in [0.717, 1.165) is 0 Å². The van der Waals surface area contributed by atoms with E-state index in [4.69, 9.17) is 0 Å². The monoisotopic (exact) mass is 299 g/mol. The van der Waals surface area contributed by atoms with Crippen molar-refractivity contribution in [1.29, 1.82) is 0 Å². The SMILES string of the molecule is Cc1c[c-]cc(C)c1.Cc1c[c-]cc(C)c1.[Y]. The second-order valence-corrected chi connectivity index (χ2v) is 4.18. The number of hydrogen-bond acceptors (Lipinski definition) is 0. The molecule has 0 saturated heterocycles. The van der Waals surface area contributed by atoms with Gasteiger partial charge in [-0.05, 0) is 0 Å². The number of rotatable bonds is 0. The van der Waals surface area contributed by atoms with Crippen molar-refractivity contribution in [2.75, 3.05) is 0 Å². The van der Waals surface area contributed by atoms with E-state index >= 15 is 0 Å². The van der Waals surface area contributed by atoms with Crippen LogP contribution in [-0.4, -0.2) is 0 Å². The van der Waals surface area contributed by atoms with Crippen LogP contribution in [0.5, 0.6) is 0 Å². The fraction of sp³-hybridized carbons (Fsp3) is 0.250. The molecule has 0 aliphatic rings. The van der Waals surface area contributed by atoms with Crippen LogP contribution in [0, 0.1) is 39.8 Å². The van der Waals surface area contributed by atoms with Crippen LogP contribution in [0.25, 0.3) is 0 Å². The molecule has 0 bridgehead atoms. The van der Waals surface area contributed by atoms with Crippen molar-refractivity contribution in [3.05, 3.63) is 70.8 Å². The van der Waals surface area contributed by atoms with Gasteiger partial charge in [-0.25, -0.2) is 0 Å². The van der Waals surface area contributed by atoms with Gasteiger partial charge in [-0.3, -0.25) is 0 Å². The first-order chi connectivity index (χ1) is 7.58. The maximum atomic E-state index is 3.03. The summed E-state index contributed by atoms with van der Waals surface area (Å²) in [4.78, 5) is 0. The van der Waals surface area contributed by atoms with Gasteiger partial charge >= 0.3 is 0 Å². The molecule has 2 rings (SSSR count). The molecule has 2 aromatic rings. The summed E-state index contributed by atoms with van der Waals surface area (Å²) in [5.74, 6) is 0. The Balaban J connectivity index is 0.000000284. The Labute approximate surface area is 130 Å². The molecule has 1 heteroatoms. The van der Waals surface area contributed by atoms with Crippen molar-refractivity contribution in [2.45, 2.75) is 27.7 Å². The fourth-order valence-corrected chi connectivity index (χ4v) is 1.49. The molecular formula is C16H18Y-2. The predicted octanol–water partition coefficient (Wildman–Crippen LogP) is 4.20. The van der Waals surface area contributed by atoms with Gasteiger partial charge in [-0.15, -0.1) is 0 Å². The largest absolute Gasteiger partial charge is 0.183 e. The van der Waals surface area contributed by atoms with Gasteiger partial charge in [0.1, 0.15) is 0 Å². The van der Waals surface area contributed by atoms with Crippen LogP contribution in [0.1, 0.15) is 22.3 Å². The molecule has 0 amide bonds. The summed E-state index contributed by atoms with van der Waals surface area (Å²) < 4.78 is 0. The topological polar surface area (TPSA) is 0 Å². The van der Waals surface area contributed by atoms with Crippen LogP contribution < -0.4 is 0 Å². The second-order valence-electron chi connectivity index (χ2n) is 4.18. The van der Waals surface area contributed by atoms with E-state index in [1.54, 1.807) is 0 Å². The first-order valence-electron chi connectivity index (χ1n) is 5.46. The van der Waals surface area contributed by atoms with E-state index in [2.05, 4.69) is 52.0 Å². The molecule has 0 unspecified atom stereocenters. The minimum atomic E-state index is 0. The number of benzene rings is 2. The maximum Gasteiger partial charge on any atom is 0 e. The zero-order valence-corrected chi connectivity index (χ0v) is 13.9. The maximum absolute atomic E-state index is 3.03. The molecule has 0 aliphatic carbocycles. The average molecular weight is 299 g/mol. The summed E-state index contributed by atoms with van der Waals surface area (Å²) in [5, 5.41) is 0. The van der Waals surface area contributed by atoms with E-state index < -0.39 is 0 Å². The summed E-state index contributed by atoms with van der Waals surface area (Å²) >= 11 is 0. The van der Waals surface area contributed by atoms with Crippen LogP contribution in [-0.2, 0) is 32.7 Å². The van der Waals surface area contributed by atoms with E-state index in [9.17, 15) is 0 Å². The van der Waals surface area contributed by atoms with Gasteiger partial charge in [0.25, 0.3) is 0 Å². The molecule has 0 aliphatic heterocycles. The molecule has 0 fully saturated rings. The molecule has 87 valence electrons. The van der Waals surface area contributed by atoms with Crippen LogP contribution in [0.15, 0.2) is 36.4 Å². The quantitative estimate of drug-likeness (QED) is 0.639. The molecule has 0 saturated carbocycles. The van der Waals surface area contributed by atoms with Gasteiger partial charge < -0.3 is 0 Å². The molecule has 1 radical (unpaired) electrons. The molecular weight excluding hydrogens is 281 g/mol. The van der Waals surface area contributed by atoms with Gasteiger partial charge in [0.05, 0.1) is 0 Å². The van der Waals surface area contributed by atoms with Crippen molar-refractivity contribution in [2.24, 2.45) is 0 Å². The number of hydrogen-bond donors (Lipinski definition) is 0. The fourth-order valence-electron chi connectivity index (χ4n) is 1.49. The van der Waals surface area contributed by atoms with Crippen LogP contribution in [0.2, 0.25) is 0 Å². The third-order valence-corrected chi connectivity index (χ3v) is 2.15. The normalized spacial score (nSPS) is 8.71. The van der Waals surface area contributed by atoms with Crippen molar-refractivity contribution in [1.82, 2.24) is 0 Å². The van der Waals surface area contributed by atoms with Gasteiger partial charge in [0, 0.05) is 32.7 Å². The zero-order chi connectivity index (χ0) is 12.0. The first-order valence-corrected chi connectivity index (χ1v) is 5.46. The van der Waals surface area contributed by atoms with Crippen LogP contribution in [0.4, 0.5) is 0 Å². The third kappa shape index (κ3) is 7.46. The summed E-state index contributed by atoms with van der Waals surface area (Å²) in [6.45, 7) is 8.29. The first kappa shape index (κ1) is 16.5. The molecule has 0 atom stereocenters. The van der Waals surface area contributed by atoms with E-state index in [0.29, 0.717) is 0 Å². The molecule has 17 heavy (non-hydrogen) atoms. The van der Waals surface area contributed by atoms with E-state index in [1.807, 2.05) is 24.3 Å². The van der Waals surface area contributed by atoms with Gasteiger partial charge in [-0.1, -0.05) is 27.7 Å². The van der Waals surface area contributed by atoms with Crippen molar-refractivity contribution in [3.63, 3.8) is 0 Å². The average Bonchev–Trinajstić information content (AvgIpc) is 2.17. The smallest absolute Gasteiger partial charge is 0 e. The predicted molar refractivity (Wildman–Crippen MR) is 69.5 cm³/mol. The second kappa shape index (κ2) is 8.61. The van der Waals surface area contributed by atoms with Crippen LogP contribution >= 0.6 is 0 Å². The van der Waals surface area contributed by atoms with Crippen LogP contribution in [0.3, 0.4) is 0 Å². The van der Waals surface area contributed by atoms with Crippen molar-refractivity contribution < 1.29 is 32.7 Å². The Hall–Kier alpha value is -0.456.